The fourth-order valence-electron chi connectivity index (χ4n) is 3.29. The van der Waals surface area contributed by atoms with Crippen molar-refractivity contribution in [3.8, 4) is 5.75 Å². The van der Waals surface area contributed by atoms with E-state index in [4.69, 9.17) is 4.74 Å². The van der Waals surface area contributed by atoms with Crippen LogP contribution in [0.2, 0.25) is 0 Å². The van der Waals surface area contributed by atoms with Crippen molar-refractivity contribution in [2.75, 3.05) is 26.2 Å². The van der Waals surface area contributed by atoms with Gasteiger partial charge in [-0.1, -0.05) is 19.9 Å². The molecule has 2 aromatic rings. The maximum absolute atomic E-state index is 13.4. The molecule has 0 bridgehead atoms. The highest BCUT2D eigenvalue weighted by Crippen LogP contribution is 2.33. The van der Waals surface area contributed by atoms with E-state index < -0.39 is 0 Å². The predicted molar refractivity (Wildman–Crippen MR) is 107 cm³/mol. The molecule has 146 valence electrons. The Hall–Kier alpha value is -1.92. The molecule has 0 fully saturated rings. The monoisotopic (exact) mass is 390 g/mol. The maximum Gasteiger partial charge on any atom is 0.237 e. The Balaban J connectivity index is 1.65. The van der Waals surface area contributed by atoms with E-state index in [2.05, 4.69) is 30.6 Å². The van der Waals surface area contributed by atoms with Crippen LogP contribution in [0.3, 0.4) is 0 Å². The molecule has 1 unspecified atom stereocenters. The van der Waals surface area contributed by atoms with E-state index in [-0.39, 0.29) is 17.8 Å². The lowest BCUT2D eigenvalue weighted by Gasteiger charge is -2.36. The third-order valence-corrected chi connectivity index (χ3v) is 5.79. The van der Waals surface area contributed by atoms with E-state index >= 15 is 0 Å². The average molecular weight is 391 g/mol. The molecule has 4 nitrogen and oxygen atoms in total. The zero-order valence-electron chi connectivity index (χ0n) is 15.9. The molecule has 1 aromatic heterocycles. The number of rotatable bonds is 8. The summed E-state index contributed by atoms with van der Waals surface area (Å²) in [6.45, 7) is 6.53. The number of nitrogens with zero attached hydrogens (tertiary/aromatic N) is 1. The van der Waals surface area contributed by atoms with Crippen molar-refractivity contribution < 1.29 is 13.9 Å². The van der Waals surface area contributed by atoms with Gasteiger partial charge in [-0.15, -0.1) is 11.3 Å². The highest BCUT2D eigenvalue weighted by Gasteiger charge is 2.31. The van der Waals surface area contributed by atoms with Crippen molar-refractivity contribution >= 4 is 17.2 Å². The summed E-state index contributed by atoms with van der Waals surface area (Å²) in [5.41, 5.74) is 1.15. The minimum absolute atomic E-state index is 0.0865. The van der Waals surface area contributed by atoms with Gasteiger partial charge in [0.05, 0.1) is 12.6 Å². The number of nitrogens with one attached hydrogen (secondary N) is 1. The van der Waals surface area contributed by atoms with Crippen LogP contribution in [0.1, 0.15) is 36.8 Å². The van der Waals surface area contributed by atoms with Gasteiger partial charge in [0.1, 0.15) is 18.2 Å². The Kier molecular flexibility index (Phi) is 6.85. The Morgan fingerprint density at radius 3 is 3.04 bits per heavy atom. The van der Waals surface area contributed by atoms with Crippen LogP contribution in [0.5, 0.6) is 5.75 Å². The summed E-state index contributed by atoms with van der Waals surface area (Å²) in [5, 5.41) is 5.32. The summed E-state index contributed by atoms with van der Waals surface area (Å²) in [5.74, 6) is 0.862. The third kappa shape index (κ3) is 5.30. The van der Waals surface area contributed by atoms with Crippen molar-refractivity contribution in [3.63, 3.8) is 0 Å². The van der Waals surface area contributed by atoms with E-state index in [1.807, 2.05) is 4.90 Å². The molecular formula is C21H27FN2O2S. The van der Waals surface area contributed by atoms with Crippen LogP contribution in [0.4, 0.5) is 4.39 Å². The summed E-state index contributed by atoms with van der Waals surface area (Å²) in [6.07, 6.45) is 1.93. The molecule has 1 amide bonds. The summed E-state index contributed by atoms with van der Waals surface area (Å²) < 4.78 is 19.2. The van der Waals surface area contributed by atoms with Crippen LogP contribution in [0.15, 0.2) is 35.7 Å². The van der Waals surface area contributed by atoms with Crippen LogP contribution in [0, 0.1) is 11.7 Å². The quantitative estimate of drug-likeness (QED) is 0.692. The number of hydrogen-bond donors (Lipinski definition) is 1. The summed E-state index contributed by atoms with van der Waals surface area (Å²) >= 11 is 1.72. The van der Waals surface area contributed by atoms with E-state index in [9.17, 15) is 9.18 Å². The minimum Gasteiger partial charge on any atom is -0.491 e. The first kappa shape index (κ1) is 19.8. The Labute approximate surface area is 164 Å². The molecule has 6 heteroatoms. The van der Waals surface area contributed by atoms with Crippen LogP contribution in [-0.2, 0) is 11.2 Å². The first-order valence-electron chi connectivity index (χ1n) is 9.49. The highest BCUT2D eigenvalue weighted by atomic mass is 32.1. The van der Waals surface area contributed by atoms with Crippen molar-refractivity contribution in [3.05, 3.63) is 52.0 Å². The topological polar surface area (TPSA) is 41.6 Å². The second-order valence-corrected chi connectivity index (χ2v) is 8.28. The van der Waals surface area contributed by atoms with E-state index in [1.165, 1.54) is 17.0 Å². The fourth-order valence-corrected chi connectivity index (χ4v) is 4.22. The van der Waals surface area contributed by atoms with Crippen molar-refractivity contribution in [1.82, 2.24) is 10.2 Å². The molecule has 1 atom stereocenters. The fraction of sp³-hybridized carbons (Fsp3) is 0.476. The van der Waals surface area contributed by atoms with E-state index in [0.717, 1.165) is 24.9 Å². The zero-order valence-corrected chi connectivity index (χ0v) is 16.7. The Morgan fingerprint density at radius 1 is 1.41 bits per heavy atom. The second kappa shape index (κ2) is 9.33. The molecule has 3 rings (SSSR count). The number of fused-ring (bicyclic) bond motifs is 1. The van der Waals surface area contributed by atoms with Gasteiger partial charge < -0.3 is 15.0 Å². The first-order chi connectivity index (χ1) is 13.0. The van der Waals surface area contributed by atoms with Crippen molar-refractivity contribution in [1.29, 1.82) is 0 Å². The Morgan fingerprint density at radius 2 is 2.26 bits per heavy atom. The molecule has 1 aliphatic heterocycles. The molecule has 1 aliphatic rings. The number of carbonyl (C=O) groups is 1. The molecule has 1 aromatic carbocycles. The van der Waals surface area contributed by atoms with Gasteiger partial charge in [0, 0.05) is 17.5 Å². The predicted octanol–water partition coefficient (Wildman–Crippen LogP) is 4.03. The maximum atomic E-state index is 13.4. The molecule has 2 heterocycles. The van der Waals surface area contributed by atoms with Gasteiger partial charge in [0.2, 0.25) is 5.91 Å². The molecule has 27 heavy (non-hydrogen) atoms. The summed E-state index contributed by atoms with van der Waals surface area (Å²) in [7, 11) is 0. The van der Waals surface area contributed by atoms with E-state index in [1.54, 1.807) is 23.5 Å². The molecule has 0 radical (unpaired) electrons. The normalized spacial score (nSPS) is 16.4. The molecule has 0 spiro atoms. The van der Waals surface area contributed by atoms with Gasteiger partial charge in [0.25, 0.3) is 0 Å². The van der Waals surface area contributed by atoms with E-state index in [0.29, 0.717) is 31.4 Å². The number of ether oxygens (including phenoxy) is 1. The average Bonchev–Trinajstić information content (AvgIpc) is 3.12. The Bertz CT molecular complexity index is 762. The number of amides is 1. The lowest BCUT2D eigenvalue weighted by Crippen LogP contribution is -2.45. The number of carbonyl (C=O) groups excluding carboxylic acids is 1. The summed E-state index contributed by atoms with van der Waals surface area (Å²) in [6, 6.07) is 8.07. The van der Waals surface area contributed by atoms with Crippen LogP contribution in [-0.4, -0.2) is 37.0 Å². The van der Waals surface area contributed by atoms with Gasteiger partial charge >= 0.3 is 0 Å². The van der Waals surface area contributed by atoms with Crippen LogP contribution < -0.4 is 10.1 Å². The molecule has 0 aliphatic carbocycles. The van der Waals surface area contributed by atoms with Gasteiger partial charge in [0.15, 0.2) is 0 Å². The molecule has 0 saturated heterocycles. The lowest BCUT2D eigenvalue weighted by molar-refractivity contribution is -0.133. The molecule has 0 saturated carbocycles. The third-order valence-electron chi connectivity index (χ3n) is 4.79. The first-order valence-corrected chi connectivity index (χ1v) is 10.4. The van der Waals surface area contributed by atoms with Gasteiger partial charge in [-0.2, -0.15) is 0 Å². The number of thiophene rings is 1. The zero-order chi connectivity index (χ0) is 19.2. The van der Waals surface area contributed by atoms with Crippen molar-refractivity contribution in [2.45, 2.75) is 32.7 Å². The smallest absolute Gasteiger partial charge is 0.237 e. The second-order valence-electron chi connectivity index (χ2n) is 7.28. The lowest BCUT2D eigenvalue weighted by atomic mass is 10.0. The number of halogens is 1. The van der Waals surface area contributed by atoms with Crippen LogP contribution >= 0.6 is 11.3 Å². The standard InChI is InChI=1S/C21H27FN2O2S/c1-15(2)6-9-23-13-21(25)24-10-7-20-18(8-11-27-20)19(24)14-26-17-5-3-4-16(22)12-17/h3-5,8,11-12,15,19,23H,6-7,9-10,13-14H2,1-2H3. The van der Waals surface area contributed by atoms with Gasteiger partial charge in [-0.05, 0) is 54.4 Å². The molecule has 1 N–H and O–H groups in total. The minimum atomic E-state index is -0.324. The largest absolute Gasteiger partial charge is 0.491 e. The number of benzene rings is 1. The SMILES string of the molecule is CC(C)CCNCC(=O)N1CCc2sccc2C1COc1cccc(F)c1. The van der Waals surface area contributed by atoms with Gasteiger partial charge in [-0.25, -0.2) is 4.39 Å². The number of hydrogen-bond acceptors (Lipinski definition) is 4. The van der Waals surface area contributed by atoms with Crippen LogP contribution in [0.25, 0.3) is 0 Å². The molecular weight excluding hydrogens is 363 g/mol. The highest BCUT2D eigenvalue weighted by molar-refractivity contribution is 7.10. The van der Waals surface area contributed by atoms with Crippen molar-refractivity contribution in [2.24, 2.45) is 5.92 Å². The summed E-state index contributed by atoms with van der Waals surface area (Å²) in [4.78, 5) is 16.0. The van der Waals surface area contributed by atoms with Gasteiger partial charge in [-0.3, -0.25) is 4.79 Å².